The molecule has 0 amide bonds. The van der Waals surface area contributed by atoms with Crippen LogP contribution in [0.5, 0.6) is 0 Å². The lowest BCUT2D eigenvalue weighted by atomic mass is 10.3. The Morgan fingerprint density at radius 3 is 2.68 bits per heavy atom. The molecule has 0 aromatic carbocycles. The number of alkyl halides is 3. The second-order valence-electron chi connectivity index (χ2n) is 3.59. The molecule has 0 saturated carbocycles. The number of nitrogens with two attached hydrogens (primary N) is 1. The van der Waals surface area contributed by atoms with Crippen LogP contribution in [0.2, 0.25) is 0 Å². The molecule has 0 saturated heterocycles. The lowest BCUT2D eigenvalue weighted by molar-refractivity contribution is -0.141. The van der Waals surface area contributed by atoms with Gasteiger partial charge in [-0.2, -0.15) is 29.5 Å². The Morgan fingerprint density at radius 2 is 2.11 bits per heavy atom. The van der Waals surface area contributed by atoms with Crippen molar-refractivity contribution in [2.75, 3.05) is 10.7 Å². The maximum Gasteiger partial charge on any atom is 0.433 e. The fraction of sp³-hybridized carbons (Fsp3) is 0.200. The summed E-state index contributed by atoms with van der Waals surface area (Å²) in [6.07, 6.45) is -4.55. The monoisotopic (exact) mass is 289 g/mol. The summed E-state index contributed by atoms with van der Waals surface area (Å²) in [4.78, 5) is 7.07. The highest BCUT2D eigenvalue weighted by Crippen LogP contribution is 2.29. The number of halogens is 3. The molecule has 0 aliphatic rings. The van der Waals surface area contributed by atoms with Gasteiger partial charge in [0.25, 0.3) is 0 Å². The van der Waals surface area contributed by atoms with E-state index in [1.54, 1.807) is 0 Å². The van der Waals surface area contributed by atoms with Gasteiger partial charge in [-0.15, -0.1) is 0 Å². The van der Waals surface area contributed by atoms with E-state index >= 15 is 0 Å². The van der Waals surface area contributed by atoms with Gasteiger partial charge in [0.1, 0.15) is 5.82 Å². The van der Waals surface area contributed by atoms with E-state index in [1.807, 2.05) is 22.3 Å². The molecule has 0 aliphatic heterocycles. The van der Waals surface area contributed by atoms with Crippen molar-refractivity contribution in [3.8, 4) is 0 Å². The van der Waals surface area contributed by atoms with Crippen molar-refractivity contribution in [2.24, 2.45) is 5.84 Å². The summed E-state index contributed by atoms with van der Waals surface area (Å²) < 4.78 is 37.8. The highest BCUT2D eigenvalue weighted by molar-refractivity contribution is 7.07. The number of aromatic nitrogens is 2. The van der Waals surface area contributed by atoms with Crippen LogP contribution in [0, 0.1) is 0 Å². The summed E-state index contributed by atoms with van der Waals surface area (Å²) >= 11 is 1.50. The summed E-state index contributed by atoms with van der Waals surface area (Å²) in [5.41, 5.74) is 1.92. The lowest BCUT2D eigenvalue weighted by Gasteiger charge is -2.11. The average molecular weight is 289 g/mol. The van der Waals surface area contributed by atoms with Gasteiger partial charge in [-0.3, -0.25) is 5.43 Å². The van der Waals surface area contributed by atoms with Crippen LogP contribution in [0.3, 0.4) is 0 Å². The molecule has 0 unspecified atom stereocenters. The summed E-state index contributed by atoms with van der Waals surface area (Å²) in [6, 6.07) is 2.71. The third kappa shape index (κ3) is 3.55. The van der Waals surface area contributed by atoms with Crippen LogP contribution >= 0.6 is 11.3 Å². The van der Waals surface area contributed by atoms with Gasteiger partial charge in [0, 0.05) is 12.6 Å². The smallest absolute Gasteiger partial charge is 0.366 e. The van der Waals surface area contributed by atoms with Gasteiger partial charge in [0.05, 0.1) is 0 Å². The van der Waals surface area contributed by atoms with E-state index in [0.717, 1.165) is 11.6 Å². The minimum absolute atomic E-state index is 0.0569. The molecule has 2 rings (SSSR count). The number of hydrogen-bond acceptors (Lipinski definition) is 6. The maximum absolute atomic E-state index is 12.6. The minimum atomic E-state index is -4.55. The number of nitrogens with zero attached hydrogens (tertiary/aromatic N) is 2. The van der Waals surface area contributed by atoms with Crippen molar-refractivity contribution in [2.45, 2.75) is 12.7 Å². The molecule has 19 heavy (non-hydrogen) atoms. The van der Waals surface area contributed by atoms with Gasteiger partial charge >= 0.3 is 6.18 Å². The van der Waals surface area contributed by atoms with E-state index in [2.05, 4.69) is 15.3 Å². The van der Waals surface area contributed by atoms with Crippen molar-refractivity contribution in [3.05, 3.63) is 34.2 Å². The quantitative estimate of drug-likeness (QED) is 0.595. The highest BCUT2D eigenvalue weighted by atomic mass is 32.1. The Kier molecular flexibility index (Phi) is 3.86. The largest absolute Gasteiger partial charge is 0.433 e. The zero-order chi connectivity index (χ0) is 13.9. The summed E-state index contributed by atoms with van der Waals surface area (Å²) in [5.74, 6) is 4.82. The first-order valence-electron chi connectivity index (χ1n) is 5.17. The van der Waals surface area contributed by atoms with Crippen LogP contribution in [0.1, 0.15) is 11.3 Å². The molecule has 102 valence electrons. The fourth-order valence-electron chi connectivity index (χ4n) is 1.33. The normalized spacial score (nSPS) is 11.4. The number of nitrogen functional groups attached to an aromatic ring is 1. The second-order valence-corrected chi connectivity index (χ2v) is 4.37. The molecule has 0 bridgehead atoms. The lowest BCUT2D eigenvalue weighted by Crippen LogP contribution is -2.16. The molecule has 0 radical (unpaired) electrons. The van der Waals surface area contributed by atoms with Crippen molar-refractivity contribution >= 4 is 23.1 Å². The molecule has 0 atom stereocenters. The first-order chi connectivity index (χ1) is 8.99. The Morgan fingerprint density at radius 1 is 1.32 bits per heavy atom. The first-order valence-corrected chi connectivity index (χ1v) is 6.11. The van der Waals surface area contributed by atoms with Gasteiger partial charge in [-0.25, -0.2) is 10.8 Å². The van der Waals surface area contributed by atoms with Gasteiger partial charge in [0.2, 0.25) is 5.95 Å². The number of nitrogens with one attached hydrogen (secondary N) is 2. The van der Waals surface area contributed by atoms with E-state index in [4.69, 9.17) is 5.84 Å². The zero-order valence-electron chi connectivity index (χ0n) is 9.53. The van der Waals surface area contributed by atoms with E-state index < -0.39 is 11.9 Å². The summed E-state index contributed by atoms with van der Waals surface area (Å²) in [6.45, 7) is 0.377. The third-order valence-corrected chi connectivity index (χ3v) is 2.93. The van der Waals surface area contributed by atoms with Crippen LogP contribution in [0.15, 0.2) is 22.9 Å². The molecule has 0 fully saturated rings. The standard InChI is InChI=1S/C10H10F3N5S/c11-10(12,13)7-3-8(17-9(16-7)18-14)15-4-6-1-2-19-5-6/h1-3,5H,4,14H2,(H2,15,16,17,18). The molecule has 2 aromatic rings. The Labute approximate surface area is 110 Å². The molecule has 2 aromatic heterocycles. The Hall–Kier alpha value is -1.87. The van der Waals surface area contributed by atoms with E-state index in [1.165, 1.54) is 11.3 Å². The van der Waals surface area contributed by atoms with E-state index in [9.17, 15) is 13.2 Å². The van der Waals surface area contributed by atoms with Crippen molar-refractivity contribution in [1.82, 2.24) is 9.97 Å². The molecule has 5 nitrogen and oxygen atoms in total. The Balaban J connectivity index is 2.19. The molecule has 9 heteroatoms. The molecule has 2 heterocycles. The van der Waals surface area contributed by atoms with Gasteiger partial charge < -0.3 is 5.32 Å². The maximum atomic E-state index is 12.6. The predicted octanol–water partition coefficient (Wildman–Crippen LogP) is 2.45. The Bertz CT molecular complexity index is 541. The number of thiophene rings is 1. The zero-order valence-corrected chi connectivity index (χ0v) is 10.3. The van der Waals surface area contributed by atoms with E-state index in [-0.39, 0.29) is 11.8 Å². The van der Waals surface area contributed by atoms with Gasteiger partial charge in [0.15, 0.2) is 5.69 Å². The number of hydrogen-bond donors (Lipinski definition) is 3. The predicted molar refractivity (Wildman–Crippen MR) is 66.5 cm³/mol. The molecular formula is C10H10F3N5S. The summed E-state index contributed by atoms with van der Waals surface area (Å²) in [5, 5.41) is 6.56. The number of hydrazine groups is 1. The van der Waals surface area contributed by atoms with Crippen LogP contribution < -0.4 is 16.6 Å². The molecule has 4 N–H and O–H groups in total. The van der Waals surface area contributed by atoms with Crippen LogP contribution in [0.25, 0.3) is 0 Å². The van der Waals surface area contributed by atoms with Gasteiger partial charge in [-0.1, -0.05) is 0 Å². The van der Waals surface area contributed by atoms with E-state index in [0.29, 0.717) is 6.54 Å². The minimum Gasteiger partial charge on any atom is -0.366 e. The number of anilines is 2. The van der Waals surface area contributed by atoms with Crippen molar-refractivity contribution < 1.29 is 13.2 Å². The molecule has 0 spiro atoms. The van der Waals surface area contributed by atoms with Crippen molar-refractivity contribution in [1.29, 1.82) is 0 Å². The van der Waals surface area contributed by atoms with Crippen LogP contribution in [0.4, 0.5) is 24.9 Å². The fourth-order valence-corrected chi connectivity index (χ4v) is 2.00. The van der Waals surface area contributed by atoms with Crippen LogP contribution in [-0.4, -0.2) is 9.97 Å². The first kappa shape index (κ1) is 13.6. The van der Waals surface area contributed by atoms with Gasteiger partial charge in [-0.05, 0) is 22.4 Å². The third-order valence-electron chi connectivity index (χ3n) is 2.20. The molecular weight excluding hydrogens is 279 g/mol. The molecule has 0 aliphatic carbocycles. The second kappa shape index (κ2) is 5.41. The highest BCUT2D eigenvalue weighted by Gasteiger charge is 2.33. The topological polar surface area (TPSA) is 75.9 Å². The van der Waals surface area contributed by atoms with Crippen LogP contribution in [-0.2, 0) is 12.7 Å². The van der Waals surface area contributed by atoms with Crippen molar-refractivity contribution in [3.63, 3.8) is 0 Å². The number of rotatable bonds is 4. The SMILES string of the molecule is NNc1nc(NCc2ccsc2)cc(C(F)(F)F)n1. The average Bonchev–Trinajstić information content (AvgIpc) is 2.88. The summed E-state index contributed by atoms with van der Waals surface area (Å²) in [7, 11) is 0.